The SMILES string of the molecule is C[C@@H](Nc1cc(C(F)(F)F)c(-c2sc(C(=O)NCC(C)(C)O)nc2C(=O)N2CCC[C@@H]2C)cn1)C1CC1. The Morgan fingerprint density at radius 2 is 1.97 bits per heavy atom. The molecule has 12 heteroatoms. The molecule has 3 heterocycles. The lowest BCUT2D eigenvalue weighted by Crippen LogP contribution is -2.38. The molecule has 202 valence electrons. The third kappa shape index (κ3) is 6.40. The molecule has 37 heavy (non-hydrogen) atoms. The fourth-order valence-electron chi connectivity index (χ4n) is 4.39. The number of nitrogens with zero attached hydrogens (tertiary/aromatic N) is 3. The number of amides is 2. The van der Waals surface area contributed by atoms with E-state index < -0.39 is 29.2 Å². The Morgan fingerprint density at radius 1 is 1.27 bits per heavy atom. The second kappa shape index (κ2) is 10.2. The van der Waals surface area contributed by atoms with Crippen LogP contribution >= 0.6 is 11.3 Å². The van der Waals surface area contributed by atoms with Crippen LogP contribution in [0, 0.1) is 5.92 Å². The summed E-state index contributed by atoms with van der Waals surface area (Å²) >= 11 is 0.712. The number of pyridine rings is 1. The second-order valence-electron chi connectivity index (χ2n) is 10.6. The molecule has 0 spiro atoms. The molecule has 4 rings (SSSR count). The molecule has 0 unspecified atom stereocenters. The van der Waals surface area contributed by atoms with Crippen LogP contribution < -0.4 is 10.6 Å². The van der Waals surface area contributed by atoms with Crippen LogP contribution in [0.3, 0.4) is 0 Å². The maximum atomic E-state index is 14.3. The number of carbonyl (C=O) groups is 2. The van der Waals surface area contributed by atoms with Gasteiger partial charge in [0, 0.05) is 36.9 Å². The summed E-state index contributed by atoms with van der Waals surface area (Å²) in [5.74, 6) is -0.687. The van der Waals surface area contributed by atoms with E-state index in [1.54, 1.807) is 4.90 Å². The quantitative estimate of drug-likeness (QED) is 0.454. The molecule has 0 radical (unpaired) electrons. The minimum absolute atomic E-state index is 0.0114. The third-order valence-electron chi connectivity index (χ3n) is 6.68. The van der Waals surface area contributed by atoms with Gasteiger partial charge in [-0.3, -0.25) is 9.59 Å². The van der Waals surface area contributed by atoms with E-state index >= 15 is 0 Å². The van der Waals surface area contributed by atoms with Gasteiger partial charge in [-0.05, 0) is 65.4 Å². The van der Waals surface area contributed by atoms with E-state index in [2.05, 4.69) is 20.6 Å². The normalized spacial score (nSPS) is 19.1. The lowest BCUT2D eigenvalue weighted by molar-refractivity contribution is -0.137. The number of anilines is 1. The number of aliphatic hydroxyl groups is 1. The van der Waals surface area contributed by atoms with Gasteiger partial charge in [0.2, 0.25) is 0 Å². The highest BCUT2D eigenvalue weighted by Gasteiger charge is 2.39. The summed E-state index contributed by atoms with van der Waals surface area (Å²) in [5.41, 5.74) is -2.66. The van der Waals surface area contributed by atoms with Gasteiger partial charge in [-0.25, -0.2) is 9.97 Å². The van der Waals surface area contributed by atoms with Gasteiger partial charge in [0.05, 0.1) is 16.0 Å². The van der Waals surface area contributed by atoms with Gasteiger partial charge in [-0.2, -0.15) is 13.2 Å². The number of hydrogen-bond donors (Lipinski definition) is 3. The summed E-state index contributed by atoms with van der Waals surface area (Å²) in [6.07, 6.45) is -0.0256. The molecule has 2 aromatic rings. The molecule has 2 aromatic heterocycles. The number of nitrogens with one attached hydrogen (secondary N) is 2. The lowest BCUT2D eigenvalue weighted by Gasteiger charge is -2.21. The van der Waals surface area contributed by atoms with Crippen molar-refractivity contribution in [2.75, 3.05) is 18.4 Å². The summed E-state index contributed by atoms with van der Waals surface area (Å²) in [4.78, 5) is 36.2. The standard InChI is InChI=1S/C25H32F3N5O3S/c1-13-6-5-9-33(13)23(35)19-20(37-22(32-19)21(34)30-12-24(3,4)36)16-11-29-18(10-17(16)25(26,27)28)31-14(2)15-7-8-15/h10-11,13-15,36H,5-9,12H2,1-4H3,(H,29,31)(H,30,34)/t13-,14+/m0/s1. The molecule has 1 saturated heterocycles. The van der Waals surface area contributed by atoms with E-state index in [-0.39, 0.29) is 45.6 Å². The average Bonchev–Trinajstić information content (AvgIpc) is 3.43. The predicted molar refractivity (Wildman–Crippen MR) is 135 cm³/mol. The summed E-state index contributed by atoms with van der Waals surface area (Å²) in [6, 6.07) is 0.849. The molecule has 2 aliphatic rings. The minimum Gasteiger partial charge on any atom is -0.389 e. The Kier molecular flexibility index (Phi) is 7.53. The van der Waals surface area contributed by atoms with Crippen molar-refractivity contribution in [2.24, 2.45) is 5.92 Å². The molecule has 2 fully saturated rings. The van der Waals surface area contributed by atoms with Crippen molar-refractivity contribution in [1.29, 1.82) is 0 Å². The van der Waals surface area contributed by atoms with Crippen molar-refractivity contribution >= 4 is 29.0 Å². The maximum Gasteiger partial charge on any atom is 0.417 e. The Bertz CT molecular complexity index is 1170. The number of alkyl halides is 3. The van der Waals surface area contributed by atoms with Crippen LogP contribution in [0.4, 0.5) is 19.0 Å². The third-order valence-corrected chi connectivity index (χ3v) is 7.77. The summed E-state index contributed by atoms with van der Waals surface area (Å²) in [6.45, 7) is 7.16. The van der Waals surface area contributed by atoms with Crippen LogP contribution in [0.2, 0.25) is 0 Å². The van der Waals surface area contributed by atoms with Crippen molar-refractivity contribution in [3.8, 4) is 10.4 Å². The average molecular weight is 540 g/mol. The van der Waals surface area contributed by atoms with Gasteiger partial charge in [0.1, 0.15) is 11.5 Å². The van der Waals surface area contributed by atoms with E-state index in [9.17, 15) is 27.9 Å². The van der Waals surface area contributed by atoms with Gasteiger partial charge in [-0.1, -0.05) is 0 Å². The zero-order chi connectivity index (χ0) is 27.1. The first-order valence-corrected chi connectivity index (χ1v) is 13.2. The first kappa shape index (κ1) is 27.3. The highest BCUT2D eigenvalue weighted by Crippen LogP contribution is 2.42. The Labute approximate surface area is 217 Å². The highest BCUT2D eigenvalue weighted by atomic mass is 32.1. The van der Waals surface area contributed by atoms with E-state index in [4.69, 9.17) is 0 Å². The van der Waals surface area contributed by atoms with Crippen molar-refractivity contribution < 1.29 is 27.9 Å². The van der Waals surface area contributed by atoms with Gasteiger partial charge in [0.15, 0.2) is 5.01 Å². The van der Waals surface area contributed by atoms with Crippen LogP contribution in [-0.4, -0.2) is 62.6 Å². The fourth-order valence-corrected chi connectivity index (χ4v) is 5.38. The van der Waals surface area contributed by atoms with E-state index in [1.165, 1.54) is 13.8 Å². The van der Waals surface area contributed by atoms with Crippen LogP contribution in [-0.2, 0) is 6.18 Å². The number of rotatable bonds is 8. The van der Waals surface area contributed by atoms with Crippen LogP contribution in [0.5, 0.6) is 0 Å². The lowest BCUT2D eigenvalue weighted by atomic mass is 10.1. The zero-order valence-corrected chi connectivity index (χ0v) is 22.1. The number of carbonyl (C=O) groups excluding carboxylic acids is 2. The second-order valence-corrected chi connectivity index (χ2v) is 11.6. The first-order valence-electron chi connectivity index (χ1n) is 12.4. The molecule has 8 nitrogen and oxygen atoms in total. The van der Waals surface area contributed by atoms with Crippen LogP contribution in [0.15, 0.2) is 12.3 Å². The van der Waals surface area contributed by atoms with Crippen LogP contribution in [0.1, 0.15) is 79.2 Å². The van der Waals surface area contributed by atoms with Gasteiger partial charge in [-0.15, -0.1) is 11.3 Å². The van der Waals surface area contributed by atoms with Crippen LogP contribution in [0.25, 0.3) is 10.4 Å². The molecular formula is C25H32F3N5O3S. The predicted octanol–water partition coefficient (Wildman–Crippen LogP) is 4.56. The smallest absolute Gasteiger partial charge is 0.389 e. The number of aromatic nitrogens is 2. The molecule has 0 bridgehead atoms. The fraction of sp³-hybridized carbons (Fsp3) is 0.600. The molecule has 0 aromatic carbocycles. The molecule has 1 aliphatic carbocycles. The molecule has 2 atom stereocenters. The summed E-state index contributed by atoms with van der Waals surface area (Å²) in [7, 11) is 0. The summed E-state index contributed by atoms with van der Waals surface area (Å²) < 4.78 is 42.8. The first-order chi connectivity index (χ1) is 17.2. The Morgan fingerprint density at radius 3 is 2.54 bits per heavy atom. The number of likely N-dealkylation sites (tertiary alicyclic amines) is 1. The molecule has 1 saturated carbocycles. The summed E-state index contributed by atoms with van der Waals surface area (Å²) in [5, 5.41) is 15.4. The topological polar surface area (TPSA) is 107 Å². The van der Waals surface area contributed by atoms with E-state index in [1.807, 2.05) is 13.8 Å². The maximum absolute atomic E-state index is 14.3. The Hall–Kier alpha value is -2.73. The van der Waals surface area contributed by atoms with Gasteiger partial charge >= 0.3 is 6.18 Å². The van der Waals surface area contributed by atoms with Crippen molar-refractivity contribution in [1.82, 2.24) is 20.2 Å². The highest BCUT2D eigenvalue weighted by molar-refractivity contribution is 7.17. The molecule has 3 N–H and O–H groups in total. The van der Waals surface area contributed by atoms with Crippen molar-refractivity contribution in [3.63, 3.8) is 0 Å². The number of hydrogen-bond acceptors (Lipinski definition) is 7. The zero-order valence-electron chi connectivity index (χ0n) is 21.3. The van der Waals surface area contributed by atoms with Crippen molar-refractivity contribution in [3.05, 3.63) is 28.5 Å². The largest absolute Gasteiger partial charge is 0.417 e. The molecular weight excluding hydrogens is 507 g/mol. The van der Waals surface area contributed by atoms with Gasteiger partial charge < -0.3 is 20.6 Å². The van der Waals surface area contributed by atoms with E-state index in [0.29, 0.717) is 23.8 Å². The van der Waals surface area contributed by atoms with Gasteiger partial charge in [0.25, 0.3) is 11.8 Å². The monoisotopic (exact) mass is 539 g/mol. The van der Waals surface area contributed by atoms with E-state index in [0.717, 1.165) is 37.9 Å². The number of halogens is 3. The minimum atomic E-state index is -4.73. The Balaban J connectivity index is 1.76. The molecule has 2 amide bonds. The number of thiazole rings is 1. The van der Waals surface area contributed by atoms with Crippen molar-refractivity contribution in [2.45, 2.75) is 77.2 Å². The molecule has 1 aliphatic heterocycles.